The number of benzene rings is 1. The van der Waals surface area contributed by atoms with Crippen molar-refractivity contribution in [2.24, 2.45) is 0 Å². The molecule has 0 bridgehead atoms. The fourth-order valence-electron chi connectivity index (χ4n) is 2.43. The molecule has 0 saturated carbocycles. The fraction of sp³-hybridized carbons (Fsp3) is 0.312. The number of hydrogen-bond acceptors (Lipinski definition) is 5. The summed E-state index contributed by atoms with van der Waals surface area (Å²) in [5.74, 6) is 0.541. The number of rotatable bonds is 5. The highest BCUT2D eigenvalue weighted by molar-refractivity contribution is 7.98. The molecule has 3 aromatic rings. The van der Waals surface area contributed by atoms with Crippen LogP contribution in [0.4, 0.5) is 0 Å². The van der Waals surface area contributed by atoms with Crippen LogP contribution in [0.15, 0.2) is 43.4 Å². The second-order valence-electron chi connectivity index (χ2n) is 5.34. The molecule has 0 atom stereocenters. The third-order valence-electron chi connectivity index (χ3n) is 3.51. The molecule has 6 nitrogen and oxygen atoms in total. The van der Waals surface area contributed by atoms with Crippen LogP contribution >= 0.6 is 11.8 Å². The summed E-state index contributed by atoms with van der Waals surface area (Å²) in [4.78, 5) is 23.5. The predicted octanol–water partition coefficient (Wildman–Crippen LogP) is 2.69. The number of thioether (sulfide) groups is 1. The van der Waals surface area contributed by atoms with Gasteiger partial charge in [0.05, 0.1) is 0 Å². The van der Waals surface area contributed by atoms with E-state index in [1.807, 2.05) is 32.0 Å². The summed E-state index contributed by atoms with van der Waals surface area (Å²) in [5.41, 5.74) is 1.92. The topological polar surface area (TPSA) is 80.9 Å². The lowest BCUT2D eigenvalue weighted by molar-refractivity contribution is 0.559. The molecule has 120 valence electrons. The van der Waals surface area contributed by atoms with E-state index in [0.717, 1.165) is 22.9 Å². The predicted molar refractivity (Wildman–Crippen MR) is 89.9 cm³/mol. The Hall–Kier alpha value is -2.28. The van der Waals surface area contributed by atoms with E-state index in [9.17, 15) is 9.59 Å². The first-order valence-corrected chi connectivity index (χ1v) is 8.38. The van der Waals surface area contributed by atoms with Crippen molar-refractivity contribution < 1.29 is 4.42 Å². The van der Waals surface area contributed by atoms with E-state index in [1.165, 1.54) is 17.8 Å². The quantitative estimate of drug-likeness (QED) is 0.574. The number of aromatic amines is 1. The molecule has 0 aliphatic carbocycles. The van der Waals surface area contributed by atoms with Gasteiger partial charge >= 0.3 is 11.3 Å². The minimum atomic E-state index is -0.369. The van der Waals surface area contributed by atoms with E-state index < -0.39 is 0 Å². The number of nitrogens with zero attached hydrogens (tertiary/aromatic N) is 2. The van der Waals surface area contributed by atoms with E-state index in [2.05, 4.69) is 10.2 Å². The Morgan fingerprint density at radius 1 is 1.30 bits per heavy atom. The van der Waals surface area contributed by atoms with Gasteiger partial charge in [-0.1, -0.05) is 30.8 Å². The minimum Gasteiger partial charge on any atom is -0.423 e. The highest BCUT2D eigenvalue weighted by atomic mass is 32.2. The van der Waals surface area contributed by atoms with Gasteiger partial charge < -0.3 is 4.42 Å². The summed E-state index contributed by atoms with van der Waals surface area (Å²) in [7, 11) is 0. The second kappa shape index (κ2) is 6.45. The molecule has 1 N–H and O–H groups in total. The molecular formula is C16H17N3O3S. The maximum Gasteiger partial charge on any atom is 0.343 e. The average molecular weight is 331 g/mol. The average Bonchev–Trinajstić information content (AvgIpc) is 2.85. The Balaban J connectivity index is 1.93. The first-order chi connectivity index (χ1) is 11.1. The zero-order valence-electron chi connectivity index (χ0n) is 13.0. The van der Waals surface area contributed by atoms with E-state index in [4.69, 9.17) is 4.42 Å². The van der Waals surface area contributed by atoms with Crippen molar-refractivity contribution in [2.75, 3.05) is 0 Å². The highest BCUT2D eigenvalue weighted by Gasteiger charge is 2.11. The largest absolute Gasteiger partial charge is 0.423 e. The minimum absolute atomic E-state index is 0.206. The Bertz CT molecular complexity index is 955. The molecule has 0 aliphatic rings. The van der Waals surface area contributed by atoms with E-state index >= 15 is 0 Å². The normalized spacial score (nSPS) is 11.2. The number of H-pyrrole nitrogens is 1. The Morgan fingerprint density at radius 3 is 2.91 bits per heavy atom. The highest BCUT2D eigenvalue weighted by Crippen LogP contribution is 2.25. The van der Waals surface area contributed by atoms with Crippen molar-refractivity contribution >= 4 is 22.7 Å². The molecule has 0 amide bonds. The van der Waals surface area contributed by atoms with Gasteiger partial charge in [0.1, 0.15) is 5.58 Å². The van der Waals surface area contributed by atoms with Crippen LogP contribution in [0.1, 0.15) is 24.5 Å². The van der Waals surface area contributed by atoms with Crippen LogP contribution in [-0.2, 0) is 12.3 Å². The first-order valence-electron chi connectivity index (χ1n) is 7.40. The third kappa shape index (κ3) is 3.24. The Kier molecular flexibility index (Phi) is 4.38. The summed E-state index contributed by atoms with van der Waals surface area (Å²) >= 11 is 1.43. The van der Waals surface area contributed by atoms with Crippen molar-refractivity contribution in [3.05, 3.63) is 56.3 Å². The van der Waals surface area contributed by atoms with Gasteiger partial charge in [0.15, 0.2) is 5.16 Å². The third-order valence-corrected chi connectivity index (χ3v) is 4.54. The molecule has 23 heavy (non-hydrogen) atoms. The monoisotopic (exact) mass is 331 g/mol. The van der Waals surface area contributed by atoms with Crippen molar-refractivity contribution in [1.82, 2.24) is 14.8 Å². The van der Waals surface area contributed by atoms with E-state index in [0.29, 0.717) is 23.0 Å². The molecular weight excluding hydrogens is 314 g/mol. The number of aryl methyl sites for hydroxylation is 1. The summed E-state index contributed by atoms with van der Waals surface area (Å²) in [6, 6.07) is 7.29. The van der Waals surface area contributed by atoms with Crippen LogP contribution in [0.2, 0.25) is 0 Å². The second-order valence-corrected chi connectivity index (χ2v) is 6.28. The van der Waals surface area contributed by atoms with Crippen LogP contribution in [0.3, 0.4) is 0 Å². The van der Waals surface area contributed by atoms with E-state index in [1.54, 1.807) is 4.57 Å². The van der Waals surface area contributed by atoms with Gasteiger partial charge in [0, 0.05) is 23.8 Å². The molecule has 0 unspecified atom stereocenters. The molecule has 3 rings (SSSR count). The standard InChI is InChI=1S/C16H17N3O3S/c1-3-6-19-15(21)17-18-16(19)23-9-11-8-14(20)22-13-7-10(2)4-5-12(11)13/h4-5,7-8H,3,6,9H2,1-2H3,(H,17,21). The number of aromatic nitrogens is 3. The van der Waals surface area contributed by atoms with Gasteiger partial charge in [-0.15, -0.1) is 5.10 Å². The molecule has 0 fully saturated rings. The van der Waals surface area contributed by atoms with Crippen molar-refractivity contribution in [3.63, 3.8) is 0 Å². The lowest BCUT2D eigenvalue weighted by Gasteiger charge is -2.06. The van der Waals surface area contributed by atoms with Gasteiger partial charge in [-0.25, -0.2) is 14.7 Å². The maximum atomic E-state index is 11.7. The van der Waals surface area contributed by atoms with Crippen LogP contribution in [0, 0.1) is 6.92 Å². The summed E-state index contributed by atoms with van der Waals surface area (Å²) in [6.45, 7) is 4.58. The molecule has 2 heterocycles. The van der Waals surface area contributed by atoms with Gasteiger partial charge in [0.2, 0.25) is 0 Å². The van der Waals surface area contributed by atoms with E-state index in [-0.39, 0.29) is 11.3 Å². The zero-order chi connectivity index (χ0) is 16.4. The van der Waals surface area contributed by atoms with Gasteiger partial charge in [-0.2, -0.15) is 0 Å². The van der Waals surface area contributed by atoms with Crippen LogP contribution in [0.25, 0.3) is 11.0 Å². The van der Waals surface area contributed by atoms with Crippen LogP contribution in [0.5, 0.6) is 0 Å². The Morgan fingerprint density at radius 2 is 2.13 bits per heavy atom. The van der Waals surface area contributed by atoms with Crippen molar-refractivity contribution in [1.29, 1.82) is 0 Å². The number of nitrogens with one attached hydrogen (secondary N) is 1. The molecule has 0 aliphatic heterocycles. The Labute approximate surface area is 136 Å². The van der Waals surface area contributed by atoms with Gasteiger partial charge in [-0.05, 0) is 30.5 Å². The smallest absolute Gasteiger partial charge is 0.343 e. The lowest BCUT2D eigenvalue weighted by Crippen LogP contribution is -2.17. The summed E-state index contributed by atoms with van der Waals surface area (Å²) in [5, 5.41) is 8.06. The number of fused-ring (bicyclic) bond motifs is 1. The maximum absolute atomic E-state index is 11.7. The molecule has 7 heteroatoms. The van der Waals surface area contributed by atoms with Crippen molar-refractivity contribution in [2.45, 2.75) is 37.7 Å². The molecule has 0 radical (unpaired) electrons. The zero-order valence-corrected chi connectivity index (χ0v) is 13.8. The van der Waals surface area contributed by atoms with Crippen molar-refractivity contribution in [3.8, 4) is 0 Å². The molecule has 0 saturated heterocycles. The molecule has 1 aromatic carbocycles. The molecule has 0 spiro atoms. The summed E-state index contributed by atoms with van der Waals surface area (Å²) in [6.07, 6.45) is 0.851. The van der Waals surface area contributed by atoms with Gasteiger partial charge in [0.25, 0.3) is 0 Å². The van der Waals surface area contributed by atoms with Crippen LogP contribution < -0.4 is 11.3 Å². The summed E-state index contributed by atoms with van der Waals surface area (Å²) < 4.78 is 6.87. The van der Waals surface area contributed by atoms with Gasteiger partial charge in [-0.3, -0.25) is 4.57 Å². The molecule has 2 aromatic heterocycles. The number of hydrogen-bond donors (Lipinski definition) is 1. The lowest BCUT2D eigenvalue weighted by atomic mass is 10.1. The van der Waals surface area contributed by atoms with Crippen LogP contribution in [-0.4, -0.2) is 14.8 Å². The fourth-order valence-corrected chi connectivity index (χ4v) is 3.40. The SMILES string of the molecule is CCCn1c(SCc2cc(=O)oc3cc(C)ccc23)n[nH]c1=O. The first kappa shape index (κ1) is 15.6.